The molecule has 0 spiro atoms. The first-order valence-electron chi connectivity index (χ1n) is 7.12. The Morgan fingerprint density at radius 2 is 2.21 bits per heavy atom. The third-order valence-corrected chi connectivity index (χ3v) is 5.27. The molecular weight excluding hydrogens is 304 g/mol. The zero-order valence-electron chi connectivity index (χ0n) is 11.6. The maximum atomic E-state index is 10.8. The van der Waals surface area contributed by atoms with Gasteiger partial charge in [-0.1, -0.05) is 36.2 Å². The fraction of sp³-hybridized carbons (Fsp3) is 0.625. The average Bonchev–Trinajstić information content (AvgIpc) is 2.92. The van der Waals surface area contributed by atoms with Gasteiger partial charge in [-0.05, 0) is 41.9 Å². The van der Waals surface area contributed by atoms with Crippen molar-refractivity contribution in [3.8, 4) is 5.75 Å². The Morgan fingerprint density at radius 3 is 2.89 bits per heavy atom. The molecule has 19 heavy (non-hydrogen) atoms. The van der Waals surface area contributed by atoms with E-state index in [-0.39, 0.29) is 5.41 Å². The van der Waals surface area contributed by atoms with E-state index in [1.807, 2.05) is 6.07 Å². The first-order chi connectivity index (χ1) is 8.99. The summed E-state index contributed by atoms with van der Waals surface area (Å²) >= 11 is 3.55. The molecule has 2 atom stereocenters. The Bertz CT molecular complexity index is 496. The van der Waals surface area contributed by atoms with E-state index >= 15 is 0 Å². The van der Waals surface area contributed by atoms with Gasteiger partial charge in [0, 0.05) is 16.5 Å². The van der Waals surface area contributed by atoms with Gasteiger partial charge in [0.15, 0.2) is 0 Å². The van der Waals surface area contributed by atoms with Gasteiger partial charge in [-0.2, -0.15) is 0 Å². The minimum absolute atomic E-state index is 0.215. The van der Waals surface area contributed by atoms with Crippen molar-refractivity contribution in [1.29, 1.82) is 0 Å². The standard InChI is InChI=1S/C16H21BrO2/c1-16(2)6-3-4-13(16)14(18)12-9-11(17)8-10-5-7-19-15(10)12/h8-9,13-14,18H,3-7H2,1-2H3. The quantitative estimate of drug-likeness (QED) is 0.881. The first-order valence-corrected chi connectivity index (χ1v) is 7.91. The molecule has 2 nitrogen and oxygen atoms in total. The van der Waals surface area contributed by atoms with E-state index < -0.39 is 6.10 Å². The molecule has 104 valence electrons. The van der Waals surface area contributed by atoms with Crippen molar-refractivity contribution in [1.82, 2.24) is 0 Å². The van der Waals surface area contributed by atoms with Crippen LogP contribution in [0.2, 0.25) is 0 Å². The molecule has 1 aliphatic carbocycles. The largest absolute Gasteiger partial charge is 0.493 e. The van der Waals surface area contributed by atoms with Crippen LogP contribution in [0.15, 0.2) is 16.6 Å². The highest BCUT2D eigenvalue weighted by atomic mass is 79.9. The average molecular weight is 325 g/mol. The fourth-order valence-corrected chi connectivity index (χ4v) is 4.20. The van der Waals surface area contributed by atoms with E-state index in [1.165, 1.54) is 18.4 Å². The van der Waals surface area contributed by atoms with Gasteiger partial charge in [0.2, 0.25) is 0 Å². The van der Waals surface area contributed by atoms with Crippen LogP contribution in [0.3, 0.4) is 0 Å². The van der Waals surface area contributed by atoms with Crippen LogP contribution in [0, 0.1) is 11.3 Å². The molecule has 1 N–H and O–H groups in total. The van der Waals surface area contributed by atoms with E-state index in [0.717, 1.165) is 35.2 Å². The molecule has 0 aromatic heterocycles. The second kappa shape index (κ2) is 4.78. The van der Waals surface area contributed by atoms with Gasteiger partial charge in [0.1, 0.15) is 5.75 Å². The van der Waals surface area contributed by atoms with Crippen molar-refractivity contribution in [3.63, 3.8) is 0 Å². The summed E-state index contributed by atoms with van der Waals surface area (Å²) < 4.78 is 6.80. The minimum Gasteiger partial charge on any atom is -0.493 e. The molecule has 1 aromatic rings. The van der Waals surface area contributed by atoms with Gasteiger partial charge in [-0.15, -0.1) is 0 Å². The molecule has 0 bridgehead atoms. The van der Waals surface area contributed by atoms with E-state index in [9.17, 15) is 5.11 Å². The molecule has 2 aliphatic rings. The van der Waals surface area contributed by atoms with Crippen LogP contribution in [0.5, 0.6) is 5.75 Å². The Balaban J connectivity index is 1.98. The highest BCUT2D eigenvalue weighted by Crippen LogP contribution is 2.51. The molecular formula is C16H21BrO2. The Morgan fingerprint density at radius 1 is 1.42 bits per heavy atom. The third kappa shape index (κ3) is 2.31. The summed E-state index contributed by atoms with van der Waals surface area (Å²) in [6.07, 6.45) is 4.05. The molecule has 1 aromatic carbocycles. The van der Waals surface area contributed by atoms with E-state index in [1.54, 1.807) is 0 Å². The summed E-state index contributed by atoms with van der Waals surface area (Å²) in [6, 6.07) is 4.14. The zero-order valence-corrected chi connectivity index (χ0v) is 13.2. The van der Waals surface area contributed by atoms with Crippen LogP contribution in [0.4, 0.5) is 0 Å². The lowest BCUT2D eigenvalue weighted by Gasteiger charge is -2.32. The van der Waals surface area contributed by atoms with Crippen molar-refractivity contribution < 1.29 is 9.84 Å². The summed E-state index contributed by atoms with van der Waals surface area (Å²) in [6.45, 7) is 5.28. The van der Waals surface area contributed by atoms with Gasteiger partial charge in [0.25, 0.3) is 0 Å². The smallest absolute Gasteiger partial charge is 0.128 e. The van der Waals surface area contributed by atoms with Crippen LogP contribution >= 0.6 is 15.9 Å². The van der Waals surface area contributed by atoms with Crippen molar-refractivity contribution in [2.24, 2.45) is 11.3 Å². The normalized spacial score (nSPS) is 26.0. The Hall–Kier alpha value is -0.540. The summed E-state index contributed by atoms with van der Waals surface area (Å²) in [4.78, 5) is 0. The molecule has 1 heterocycles. The second-order valence-corrected chi connectivity index (χ2v) is 7.43. The van der Waals surface area contributed by atoms with Crippen molar-refractivity contribution in [2.75, 3.05) is 6.61 Å². The second-order valence-electron chi connectivity index (χ2n) is 6.51. The van der Waals surface area contributed by atoms with E-state index in [4.69, 9.17) is 4.74 Å². The lowest BCUT2D eigenvalue weighted by atomic mass is 9.76. The van der Waals surface area contributed by atoms with Crippen LogP contribution in [0.25, 0.3) is 0 Å². The maximum absolute atomic E-state index is 10.8. The number of fused-ring (bicyclic) bond motifs is 1. The number of aliphatic hydroxyl groups excluding tert-OH is 1. The molecule has 0 radical (unpaired) electrons. The van der Waals surface area contributed by atoms with Gasteiger partial charge < -0.3 is 9.84 Å². The third-order valence-electron chi connectivity index (χ3n) is 4.82. The Kier molecular flexibility index (Phi) is 3.38. The highest BCUT2D eigenvalue weighted by molar-refractivity contribution is 9.10. The predicted molar refractivity (Wildman–Crippen MR) is 79.4 cm³/mol. The van der Waals surface area contributed by atoms with E-state index in [0.29, 0.717) is 5.92 Å². The molecule has 0 amide bonds. The lowest BCUT2D eigenvalue weighted by Crippen LogP contribution is -2.24. The summed E-state index contributed by atoms with van der Waals surface area (Å²) in [5.74, 6) is 1.26. The molecule has 1 aliphatic heterocycles. The molecule has 1 fully saturated rings. The number of ether oxygens (including phenoxy) is 1. The number of rotatable bonds is 2. The van der Waals surface area contributed by atoms with Gasteiger partial charge in [0.05, 0.1) is 12.7 Å². The van der Waals surface area contributed by atoms with E-state index in [2.05, 4.69) is 35.8 Å². The fourth-order valence-electron chi connectivity index (χ4n) is 3.67. The Labute approximate surface area is 123 Å². The predicted octanol–water partition coefficient (Wildman–Crippen LogP) is 4.24. The number of halogens is 1. The van der Waals surface area contributed by atoms with Crippen molar-refractivity contribution in [2.45, 2.75) is 45.6 Å². The number of aliphatic hydroxyl groups is 1. The van der Waals surface area contributed by atoms with Gasteiger partial charge in [-0.3, -0.25) is 0 Å². The summed E-state index contributed by atoms with van der Waals surface area (Å²) in [5, 5.41) is 10.8. The molecule has 2 unspecified atom stereocenters. The topological polar surface area (TPSA) is 29.5 Å². The van der Waals surface area contributed by atoms with Gasteiger partial charge >= 0.3 is 0 Å². The summed E-state index contributed by atoms with van der Waals surface area (Å²) in [7, 11) is 0. The molecule has 0 saturated heterocycles. The lowest BCUT2D eigenvalue weighted by molar-refractivity contribution is 0.0512. The number of hydrogen-bond acceptors (Lipinski definition) is 2. The highest BCUT2D eigenvalue weighted by Gasteiger charge is 2.40. The molecule has 3 rings (SSSR count). The van der Waals surface area contributed by atoms with Crippen LogP contribution in [0.1, 0.15) is 50.3 Å². The molecule has 3 heteroatoms. The number of benzene rings is 1. The monoisotopic (exact) mass is 324 g/mol. The zero-order chi connectivity index (χ0) is 13.6. The van der Waals surface area contributed by atoms with Crippen LogP contribution in [-0.4, -0.2) is 11.7 Å². The SMILES string of the molecule is CC1(C)CCCC1C(O)c1cc(Br)cc2c1OCC2. The van der Waals surface area contributed by atoms with Crippen LogP contribution in [-0.2, 0) is 6.42 Å². The molecule has 1 saturated carbocycles. The minimum atomic E-state index is -0.415. The maximum Gasteiger partial charge on any atom is 0.128 e. The van der Waals surface area contributed by atoms with Gasteiger partial charge in [-0.25, -0.2) is 0 Å². The summed E-state index contributed by atoms with van der Waals surface area (Å²) in [5.41, 5.74) is 2.41. The van der Waals surface area contributed by atoms with Crippen molar-refractivity contribution in [3.05, 3.63) is 27.7 Å². The first kappa shape index (κ1) is 13.4. The van der Waals surface area contributed by atoms with Crippen LogP contribution < -0.4 is 4.74 Å². The van der Waals surface area contributed by atoms with Crippen molar-refractivity contribution >= 4 is 15.9 Å². The number of hydrogen-bond donors (Lipinski definition) is 1.